The molecule has 2 nitrogen and oxygen atoms in total. The molecule has 16 heavy (non-hydrogen) atoms. The minimum absolute atomic E-state index is 0.764. The van der Waals surface area contributed by atoms with Gasteiger partial charge in [-0.1, -0.05) is 11.6 Å². The molecular weight excluding hydrogens is 242 g/mol. The molecule has 0 bridgehead atoms. The van der Waals surface area contributed by atoms with Crippen molar-refractivity contribution < 1.29 is 4.79 Å². The average molecular weight is 254 g/mol. The second-order valence-electron chi connectivity index (χ2n) is 3.74. The van der Waals surface area contributed by atoms with Crippen LogP contribution in [0.2, 0.25) is 4.34 Å². The summed E-state index contributed by atoms with van der Waals surface area (Å²) in [6, 6.07) is 5.83. The Kier molecular flexibility index (Phi) is 3.17. The van der Waals surface area contributed by atoms with E-state index in [1.165, 1.54) is 4.88 Å². The van der Waals surface area contributed by atoms with Crippen molar-refractivity contribution >= 4 is 29.2 Å². The number of halogens is 1. The zero-order valence-corrected chi connectivity index (χ0v) is 10.7. The third-order valence-corrected chi connectivity index (χ3v) is 3.90. The van der Waals surface area contributed by atoms with E-state index in [4.69, 9.17) is 11.6 Å². The van der Waals surface area contributed by atoms with E-state index in [0.29, 0.717) is 0 Å². The van der Waals surface area contributed by atoms with Gasteiger partial charge in [0.05, 0.1) is 10.9 Å². The van der Waals surface area contributed by atoms with E-state index in [1.54, 1.807) is 11.3 Å². The molecule has 0 aliphatic heterocycles. The number of hydrogen-bond acceptors (Lipinski definition) is 2. The summed E-state index contributed by atoms with van der Waals surface area (Å²) in [5.41, 5.74) is 2.88. The number of aldehydes is 1. The van der Waals surface area contributed by atoms with Crippen molar-refractivity contribution in [2.75, 3.05) is 0 Å². The zero-order chi connectivity index (χ0) is 11.7. The van der Waals surface area contributed by atoms with Crippen LogP contribution in [0.25, 0.3) is 0 Å². The summed E-state index contributed by atoms with van der Waals surface area (Å²) in [6.45, 7) is 4.75. The van der Waals surface area contributed by atoms with Crippen molar-refractivity contribution in [2.45, 2.75) is 20.4 Å². The van der Waals surface area contributed by atoms with E-state index in [-0.39, 0.29) is 0 Å². The van der Waals surface area contributed by atoms with Crippen molar-refractivity contribution in [1.29, 1.82) is 0 Å². The standard InChI is InChI=1S/C12H12ClNOS/c1-8-5-10(7-15)9(2)14(8)6-11-3-4-12(13)16-11/h3-5,7H,6H2,1-2H3. The Morgan fingerprint density at radius 2 is 2.19 bits per heavy atom. The minimum Gasteiger partial charge on any atom is -0.343 e. The number of hydrogen-bond donors (Lipinski definition) is 0. The summed E-state index contributed by atoms with van der Waals surface area (Å²) in [5, 5.41) is 0. The molecule has 2 aromatic heterocycles. The highest BCUT2D eigenvalue weighted by atomic mass is 35.5. The number of nitrogens with zero attached hydrogens (tertiary/aromatic N) is 1. The Morgan fingerprint density at radius 3 is 2.69 bits per heavy atom. The summed E-state index contributed by atoms with van der Waals surface area (Å²) >= 11 is 7.46. The Hall–Kier alpha value is -1.06. The SMILES string of the molecule is Cc1cc(C=O)c(C)n1Cc1ccc(Cl)s1. The molecule has 0 spiro atoms. The number of carbonyl (C=O) groups excluding carboxylic acids is 1. The fraction of sp³-hybridized carbons (Fsp3) is 0.250. The maximum Gasteiger partial charge on any atom is 0.151 e. The molecule has 0 saturated heterocycles. The molecule has 4 heteroatoms. The molecule has 2 heterocycles. The van der Waals surface area contributed by atoms with Crippen LogP contribution in [-0.2, 0) is 6.54 Å². The lowest BCUT2D eigenvalue weighted by Gasteiger charge is -2.07. The maximum atomic E-state index is 10.8. The van der Waals surface area contributed by atoms with Crippen LogP contribution in [0, 0.1) is 13.8 Å². The lowest BCUT2D eigenvalue weighted by Crippen LogP contribution is -2.02. The van der Waals surface area contributed by atoms with Crippen LogP contribution >= 0.6 is 22.9 Å². The first-order valence-corrected chi connectivity index (χ1v) is 6.17. The number of aryl methyl sites for hydroxylation is 1. The van der Waals surface area contributed by atoms with Crippen LogP contribution < -0.4 is 0 Å². The highest BCUT2D eigenvalue weighted by Crippen LogP contribution is 2.24. The van der Waals surface area contributed by atoms with Crippen LogP contribution in [0.4, 0.5) is 0 Å². The molecule has 2 aromatic rings. The van der Waals surface area contributed by atoms with Crippen molar-refractivity contribution in [3.63, 3.8) is 0 Å². The summed E-state index contributed by atoms with van der Waals surface area (Å²) in [5.74, 6) is 0. The molecule has 0 amide bonds. The first-order chi connectivity index (χ1) is 7.61. The predicted molar refractivity (Wildman–Crippen MR) is 67.7 cm³/mol. The van der Waals surface area contributed by atoms with Crippen molar-refractivity contribution in [1.82, 2.24) is 4.57 Å². The maximum absolute atomic E-state index is 10.8. The lowest BCUT2D eigenvalue weighted by atomic mass is 10.3. The minimum atomic E-state index is 0.764. The van der Waals surface area contributed by atoms with Gasteiger partial charge in [0.1, 0.15) is 0 Å². The molecule has 2 rings (SSSR count). The second kappa shape index (κ2) is 4.44. The number of rotatable bonds is 3. The van der Waals surface area contributed by atoms with E-state index in [2.05, 4.69) is 4.57 Å². The van der Waals surface area contributed by atoms with Crippen molar-refractivity contribution in [2.24, 2.45) is 0 Å². The Labute approximate surface area is 103 Å². The van der Waals surface area contributed by atoms with E-state index in [0.717, 1.165) is 34.1 Å². The van der Waals surface area contributed by atoms with Gasteiger partial charge in [-0.05, 0) is 32.0 Å². The molecule has 0 aliphatic carbocycles. The third kappa shape index (κ3) is 2.06. The predicted octanol–water partition coefficient (Wildman–Crippen LogP) is 3.68. The molecule has 0 N–H and O–H groups in total. The Bertz CT molecular complexity index is 527. The number of aromatic nitrogens is 1. The van der Waals surface area contributed by atoms with Gasteiger partial charge in [0.25, 0.3) is 0 Å². The van der Waals surface area contributed by atoms with Gasteiger partial charge in [0.2, 0.25) is 0 Å². The van der Waals surface area contributed by atoms with Gasteiger partial charge in [0, 0.05) is 21.8 Å². The van der Waals surface area contributed by atoms with Crippen LogP contribution in [0.15, 0.2) is 18.2 Å². The lowest BCUT2D eigenvalue weighted by molar-refractivity contribution is 0.112. The molecule has 84 valence electrons. The Balaban J connectivity index is 2.34. The molecule has 0 saturated carbocycles. The van der Waals surface area contributed by atoms with E-state index in [1.807, 2.05) is 32.0 Å². The fourth-order valence-corrected chi connectivity index (χ4v) is 2.86. The highest BCUT2D eigenvalue weighted by molar-refractivity contribution is 7.16. The Morgan fingerprint density at radius 1 is 1.44 bits per heavy atom. The largest absolute Gasteiger partial charge is 0.343 e. The summed E-state index contributed by atoms with van der Waals surface area (Å²) in [7, 11) is 0. The van der Waals surface area contributed by atoms with Gasteiger partial charge in [-0.15, -0.1) is 11.3 Å². The van der Waals surface area contributed by atoms with Gasteiger partial charge >= 0.3 is 0 Å². The van der Waals surface area contributed by atoms with Crippen LogP contribution in [-0.4, -0.2) is 10.9 Å². The zero-order valence-electron chi connectivity index (χ0n) is 9.16. The molecular formula is C12H12ClNOS. The average Bonchev–Trinajstić information content (AvgIpc) is 2.77. The van der Waals surface area contributed by atoms with Gasteiger partial charge < -0.3 is 4.57 Å². The molecule has 0 atom stereocenters. The van der Waals surface area contributed by atoms with Crippen molar-refractivity contribution in [3.05, 3.63) is 44.4 Å². The smallest absolute Gasteiger partial charge is 0.151 e. The molecule has 0 aromatic carbocycles. The second-order valence-corrected chi connectivity index (χ2v) is 5.54. The van der Waals surface area contributed by atoms with Crippen LogP contribution in [0.1, 0.15) is 26.6 Å². The molecule has 0 aliphatic rings. The first-order valence-electron chi connectivity index (χ1n) is 4.98. The molecule has 0 radical (unpaired) electrons. The highest BCUT2D eigenvalue weighted by Gasteiger charge is 2.09. The summed E-state index contributed by atoms with van der Waals surface area (Å²) in [4.78, 5) is 12.0. The quantitative estimate of drug-likeness (QED) is 0.765. The normalized spacial score (nSPS) is 10.7. The monoisotopic (exact) mass is 253 g/mol. The van der Waals surface area contributed by atoms with Gasteiger partial charge in [-0.25, -0.2) is 0 Å². The third-order valence-electron chi connectivity index (χ3n) is 2.68. The van der Waals surface area contributed by atoms with E-state index < -0.39 is 0 Å². The summed E-state index contributed by atoms with van der Waals surface area (Å²) < 4.78 is 2.93. The fourth-order valence-electron chi connectivity index (χ4n) is 1.78. The molecule has 0 unspecified atom stereocenters. The van der Waals surface area contributed by atoms with Gasteiger partial charge in [-0.2, -0.15) is 0 Å². The van der Waals surface area contributed by atoms with E-state index in [9.17, 15) is 4.79 Å². The number of carbonyl (C=O) groups is 1. The first kappa shape index (κ1) is 11.4. The van der Waals surface area contributed by atoms with E-state index >= 15 is 0 Å². The number of thiophene rings is 1. The van der Waals surface area contributed by atoms with Gasteiger partial charge in [0.15, 0.2) is 6.29 Å². The summed E-state index contributed by atoms with van der Waals surface area (Å²) in [6.07, 6.45) is 0.903. The molecule has 0 fully saturated rings. The van der Waals surface area contributed by atoms with Crippen LogP contribution in [0.3, 0.4) is 0 Å². The van der Waals surface area contributed by atoms with Crippen LogP contribution in [0.5, 0.6) is 0 Å². The van der Waals surface area contributed by atoms with Crippen molar-refractivity contribution in [3.8, 4) is 0 Å². The topological polar surface area (TPSA) is 22.0 Å². The van der Waals surface area contributed by atoms with Gasteiger partial charge in [-0.3, -0.25) is 4.79 Å².